The quantitative estimate of drug-likeness (QED) is 0.911. The van der Waals surface area contributed by atoms with Crippen LogP contribution < -0.4 is 4.72 Å². The Morgan fingerprint density at radius 1 is 1.37 bits per heavy atom. The topological polar surface area (TPSA) is 52.9 Å². The van der Waals surface area contributed by atoms with Gasteiger partial charge in [0.15, 0.2) is 0 Å². The van der Waals surface area contributed by atoms with Crippen molar-refractivity contribution in [1.29, 1.82) is 5.26 Å². The summed E-state index contributed by atoms with van der Waals surface area (Å²) in [6, 6.07) is 6.35. The Bertz CT molecular complexity index is 551. The Balaban J connectivity index is 3.22. The van der Waals surface area contributed by atoms with E-state index in [0.29, 0.717) is 4.47 Å². The fourth-order valence-electron chi connectivity index (χ4n) is 1.36. The summed E-state index contributed by atoms with van der Waals surface area (Å²) in [7, 11) is -1.48. The predicted octanol–water partition coefficient (Wildman–Crippen LogP) is 3.38. The van der Waals surface area contributed by atoms with Gasteiger partial charge in [0, 0.05) is 10.0 Å². The van der Waals surface area contributed by atoms with E-state index in [9.17, 15) is 13.9 Å². The van der Waals surface area contributed by atoms with Gasteiger partial charge in [0.05, 0.1) is 21.8 Å². The summed E-state index contributed by atoms with van der Waals surface area (Å²) >= 11 is 3.24. The standard InChI is InChI=1S/C13H16BrFN2OS/c1-12(2,3)19(18)17-13(4,8-16)10-7-9(14)5-6-11(10)15/h5-7,17H,1-4H3. The maximum Gasteiger partial charge on any atom is 0.142 e. The van der Waals surface area contributed by atoms with Crippen LogP contribution in [0.1, 0.15) is 33.3 Å². The molecular weight excluding hydrogens is 331 g/mol. The maximum atomic E-state index is 13.9. The van der Waals surface area contributed by atoms with Crippen molar-refractivity contribution < 1.29 is 8.60 Å². The minimum Gasteiger partial charge on any atom is -0.242 e. The van der Waals surface area contributed by atoms with Crippen molar-refractivity contribution in [3.63, 3.8) is 0 Å². The second-order valence-electron chi connectivity index (χ2n) is 5.34. The minimum atomic E-state index is -1.48. The molecule has 0 amide bonds. The molecule has 2 unspecified atom stereocenters. The summed E-state index contributed by atoms with van der Waals surface area (Å²) in [5, 5.41) is 9.34. The maximum absolute atomic E-state index is 13.9. The normalized spacial score (nSPS) is 16.5. The molecule has 0 aromatic heterocycles. The lowest BCUT2D eigenvalue weighted by molar-refractivity contribution is 0.510. The molecule has 1 aromatic rings. The first kappa shape index (κ1) is 16.3. The highest BCUT2D eigenvalue weighted by Crippen LogP contribution is 2.28. The largest absolute Gasteiger partial charge is 0.242 e. The van der Waals surface area contributed by atoms with E-state index < -0.39 is 27.1 Å². The van der Waals surface area contributed by atoms with Gasteiger partial charge in [-0.1, -0.05) is 15.9 Å². The lowest BCUT2D eigenvalue weighted by Gasteiger charge is -2.28. The highest BCUT2D eigenvalue weighted by atomic mass is 79.9. The number of hydrogen-bond donors (Lipinski definition) is 1. The second kappa shape index (κ2) is 5.70. The van der Waals surface area contributed by atoms with Crippen molar-refractivity contribution in [1.82, 2.24) is 4.72 Å². The first-order chi connectivity index (χ1) is 8.60. The number of nitrogens with one attached hydrogen (secondary N) is 1. The molecule has 1 aromatic carbocycles. The smallest absolute Gasteiger partial charge is 0.142 e. The van der Waals surface area contributed by atoms with Crippen molar-refractivity contribution in [3.05, 3.63) is 34.1 Å². The van der Waals surface area contributed by atoms with Crippen LogP contribution in [0, 0.1) is 17.1 Å². The molecule has 19 heavy (non-hydrogen) atoms. The van der Waals surface area contributed by atoms with Gasteiger partial charge in [-0.25, -0.2) is 13.3 Å². The zero-order chi connectivity index (χ0) is 14.8. The molecule has 0 aliphatic rings. The van der Waals surface area contributed by atoms with Gasteiger partial charge >= 0.3 is 0 Å². The van der Waals surface area contributed by atoms with E-state index in [1.54, 1.807) is 26.8 Å². The van der Waals surface area contributed by atoms with Crippen LogP contribution in [0.15, 0.2) is 22.7 Å². The molecular formula is C13H16BrFN2OS. The van der Waals surface area contributed by atoms with Gasteiger partial charge in [0.25, 0.3) is 0 Å². The van der Waals surface area contributed by atoms with Crippen LogP contribution in [0.5, 0.6) is 0 Å². The molecule has 0 saturated carbocycles. The Morgan fingerprint density at radius 3 is 2.42 bits per heavy atom. The van der Waals surface area contributed by atoms with Crippen LogP contribution in [0.2, 0.25) is 0 Å². The average molecular weight is 347 g/mol. The fourth-order valence-corrected chi connectivity index (χ4v) is 2.55. The number of nitriles is 1. The molecule has 3 nitrogen and oxygen atoms in total. The van der Waals surface area contributed by atoms with E-state index in [1.165, 1.54) is 19.1 Å². The molecule has 104 valence electrons. The van der Waals surface area contributed by atoms with Gasteiger partial charge in [0.1, 0.15) is 11.4 Å². The van der Waals surface area contributed by atoms with E-state index in [4.69, 9.17) is 0 Å². The molecule has 0 heterocycles. The SMILES string of the molecule is CC(C#N)(NS(=O)C(C)(C)C)c1cc(Br)ccc1F. The summed E-state index contributed by atoms with van der Waals surface area (Å²) in [4.78, 5) is 0. The molecule has 0 saturated heterocycles. The molecule has 0 aliphatic carbocycles. The van der Waals surface area contributed by atoms with Crippen molar-refractivity contribution in [3.8, 4) is 6.07 Å². The Kier molecular flexibility index (Phi) is 4.88. The van der Waals surface area contributed by atoms with E-state index in [2.05, 4.69) is 20.7 Å². The van der Waals surface area contributed by atoms with E-state index >= 15 is 0 Å². The van der Waals surface area contributed by atoms with Gasteiger partial charge < -0.3 is 0 Å². The molecule has 0 aliphatic heterocycles. The summed E-state index contributed by atoms with van der Waals surface area (Å²) in [6.07, 6.45) is 0. The van der Waals surface area contributed by atoms with Crippen LogP contribution in [-0.2, 0) is 16.5 Å². The summed E-state index contributed by atoms with van der Waals surface area (Å²) in [5.41, 5.74) is -1.19. The molecule has 1 rings (SSSR count). The van der Waals surface area contributed by atoms with Crippen molar-refractivity contribution in [2.75, 3.05) is 0 Å². The first-order valence-corrected chi connectivity index (χ1v) is 7.61. The molecule has 0 bridgehead atoms. The number of rotatable bonds is 3. The van der Waals surface area contributed by atoms with E-state index in [1.807, 2.05) is 6.07 Å². The number of benzene rings is 1. The Morgan fingerprint density at radius 2 is 1.95 bits per heavy atom. The van der Waals surface area contributed by atoms with Crippen LogP contribution in [0.4, 0.5) is 4.39 Å². The van der Waals surface area contributed by atoms with Gasteiger partial charge in [-0.2, -0.15) is 5.26 Å². The molecule has 0 spiro atoms. The minimum absolute atomic E-state index is 0.168. The fraction of sp³-hybridized carbons (Fsp3) is 0.462. The average Bonchev–Trinajstić information content (AvgIpc) is 2.30. The predicted molar refractivity (Wildman–Crippen MR) is 78.1 cm³/mol. The third-order valence-corrected chi connectivity index (χ3v) is 4.74. The van der Waals surface area contributed by atoms with Crippen LogP contribution >= 0.6 is 15.9 Å². The van der Waals surface area contributed by atoms with Gasteiger partial charge in [0.2, 0.25) is 0 Å². The number of nitrogens with zero attached hydrogens (tertiary/aromatic N) is 1. The van der Waals surface area contributed by atoms with Crippen molar-refractivity contribution in [2.45, 2.75) is 38.0 Å². The Hall–Kier alpha value is -0.770. The third-order valence-electron chi connectivity index (χ3n) is 2.54. The highest BCUT2D eigenvalue weighted by molar-refractivity contribution is 9.10. The second-order valence-corrected chi connectivity index (χ2v) is 8.23. The first-order valence-electron chi connectivity index (χ1n) is 5.66. The van der Waals surface area contributed by atoms with Gasteiger partial charge in [-0.3, -0.25) is 0 Å². The van der Waals surface area contributed by atoms with Crippen molar-refractivity contribution in [2.24, 2.45) is 0 Å². The lowest BCUT2D eigenvalue weighted by atomic mass is 9.94. The van der Waals surface area contributed by atoms with E-state index in [-0.39, 0.29) is 5.56 Å². The summed E-state index contributed by atoms with van der Waals surface area (Å²) in [5.74, 6) is -0.509. The Labute approximate surface area is 123 Å². The lowest BCUT2D eigenvalue weighted by Crippen LogP contribution is -2.45. The van der Waals surface area contributed by atoms with Crippen LogP contribution in [0.25, 0.3) is 0 Å². The van der Waals surface area contributed by atoms with Gasteiger partial charge in [-0.05, 0) is 45.9 Å². The molecule has 6 heteroatoms. The molecule has 0 radical (unpaired) electrons. The monoisotopic (exact) mass is 346 g/mol. The molecule has 0 fully saturated rings. The third kappa shape index (κ3) is 3.85. The zero-order valence-corrected chi connectivity index (χ0v) is 13.7. The number of halogens is 2. The molecule has 2 atom stereocenters. The zero-order valence-electron chi connectivity index (χ0n) is 11.3. The highest BCUT2D eigenvalue weighted by Gasteiger charge is 2.34. The van der Waals surface area contributed by atoms with Crippen molar-refractivity contribution >= 4 is 26.9 Å². The van der Waals surface area contributed by atoms with Gasteiger partial charge in [-0.15, -0.1) is 0 Å². The van der Waals surface area contributed by atoms with Crippen LogP contribution in [-0.4, -0.2) is 8.96 Å². The van der Waals surface area contributed by atoms with Crippen LogP contribution in [0.3, 0.4) is 0 Å². The van der Waals surface area contributed by atoms with E-state index in [0.717, 1.165) is 0 Å². The summed E-state index contributed by atoms with van der Waals surface area (Å²) in [6.45, 7) is 6.86. The summed E-state index contributed by atoms with van der Waals surface area (Å²) < 4.78 is 28.8. The number of hydrogen-bond acceptors (Lipinski definition) is 2. The molecule has 1 N–H and O–H groups in total.